The standard InChI is InChI=1S/C21H19ClN2O6/c1-13-18(23-20(30-13)15-5-7-16(22)8-6-15)12-29-17-4-2-3-14(9-17)10-24(21(27)28)11-19(25)26/h2-9H,10-12H2,1H3,(H,25,26)(H,27,28). The minimum atomic E-state index is -1.31. The topological polar surface area (TPSA) is 113 Å². The molecule has 1 heterocycles. The third-order valence-electron chi connectivity index (χ3n) is 4.23. The average Bonchev–Trinajstić information content (AvgIpc) is 3.07. The molecule has 0 saturated carbocycles. The Morgan fingerprint density at radius 1 is 1.17 bits per heavy atom. The molecule has 8 nitrogen and oxygen atoms in total. The zero-order chi connectivity index (χ0) is 21.7. The van der Waals surface area contributed by atoms with E-state index in [1.807, 2.05) is 12.1 Å². The molecular formula is C21H19ClN2O6. The van der Waals surface area contributed by atoms with Gasteiger partial charge in [0.2, 0.25) is 5.89 Å². The number of carboxylic acids is 1. The molecule has 0 radical (unpaired) electrons. The summed E-state index contributed by atoms with van der Waals surface area (Å²) in [6.07, 6.45) is -1.31. The number of hydrogen-bond donors (Lipinski definition) is 2. The minimum absolute atomic E-state index is 0.0669. The van der Waals surface area contributed by atoms with Gasteiger partial charge in [-0.25, -0.2) is 9.78 Å². The molecule has 9 heteroatoms. The molecule has 0 aliphatic carbocycles. The van der Waals surface area contributed by atoms with E-state index in [2.05, 4.69) is 4.98 Å². The highest BCUT2D eigenvalue weighted by Gasteiger charge is 2.16. The zero-order valence-electron chi connectivity index (χ0n) is 16.0. The van der Waals surface area contributed by atoms with Crippen molar-refractivity contribution in [2.24, 2.45) is 0 Å². The Labute approximate surface area is 177 Å². The second kappa shape index (κ2) is 9.32. The van der Waals surface area contributed by atoms with Crippen molar-refractivity contribution in [2.45, 2.75) is 20.1 Å². The summed E-state index contributed by atoms with van der Waals surface area (Å²) in [6.45, 7) is 1.27. The normalized spacial score (nSPS) is 10.6. The van der Waals surface area contributed by atoms with Gasteiger partial charge in [0, 0.05) is 17.1 Å². The quantitative estimate of drug-likeness (QED) is 0.542. The molecule has 0 atom stereocenters. The van der Waals surface area contributed by atoms with Gasteiger partial charge in [0.05, 0.1) is 0 Å². The molecule has 2 aromatic carbocycles. The van der Waals surface area contributed by atoms with Gasteiger partial charge in [0.1, 0.15) is 30.4 Å². The summed E-state index contributed by atoms with van der Waals surface area (Å²) < 4.78 is 11.5. The van der Waals surface area contributed by atoms with Gasteiger partial charge in [-0.1, -0.05) is 23.7 Å². The van der Waals surface area contributed by atoms with Crippen LogP contribution in [-0.4, -0.2) is 38.7 Å². The van der Waals surface area contributed by atoms with Crippen LogP contribution in [0.4, 0.5) is 4.79 Å². The van der Waals surface area contributed by atoms with Gasteiger partial charge in [0.15, 0.2) is 0 Å². The maximum atomic E-state index is 11.2. The van der Waals surface area contributed by atoms with Crippen LogP contribution >= 0.6 is 11.6 Å². The highest BCUT2D eigenvalue weighted by atomic mass is 35.5. The molecule has 3 rings (SSSR count). The fourth-order valence-corrected chi connectivity index (χ4v) is 2.86. The summed E-state index contributed by atoms with van der Waals surface area (Å²) in [5.74, 6) is 0.364. The number of benzene rings is 2. The number of halogens is 1. The molecule has 2 N–H and O–H groups in total. The Morgan fingerprint density at radius 2 is 1.90 bits per heavy atom. The molecule has 0 unspecified atom stereocenters. The van der Waals surface area contributed by atoms with Crippen LogP contribution in [-0.2, 0) is 17.9 Å². The lowest BCUT2D eigenvalue weighted by atomic mass is 10.2. The maximum Gasteiger partial charge on any atom is 0.408 e. The number of aryl methyl sites for hydroxylation is 1. The van der Waals surface area contributed by atoms with Crippen molar-refractivity contribution in [3.05, 3.63) is 70.6 Å². The van der Waals surface area contributed by atoms with E-state index >= 15 is 0 Å². The highest BCUT2D eigenvalue weighted by Crippen LogP contribution is 2.24. The number of nitrogens with zero attached hydrogens (tertiary/aromatic N) is 2. The van der Waals surface area contributed by atoms with Gasteiger partial charge in [-0.2, -0.15) is 0 Å². The van der Waals surface area contributed by atoms with E-state index in [1.54, 1.807) is 43.3 Å². The third-order valence-corrected chi connectivity index (χ3v) is 4.48. The van der Waals surface area contributed by atoms with Crippen molar-refractivity contribution in [3.8, 4) is 17.2 Å². The lowest BCUT2D eigenvalue weighted by Crippen LogP contribution is -2.33. The van der Waals surface area contributed by atoms with Crippen molar-refractivity contribution in [1.82, 2.24) is 9.88 Å². The van der Waals surface area contributed by atoms with Gasteiger partial charge in [-0.3, -0.25) is 9.69 Å². The predicted octanol–water partition coefficient (Wildman–Crippen LogP) is 4.45. The first kappa shape index (κ1) is 21.2. The van der Waals surface area contributed by atoms with Crippen molar-refractivity contribution >= 4 is 23.7 Å². The SMILES string of the molecule is Cc1oc(-c2ccc(Cl)cc2)nc1COc1cccc(CN(CC(=O)O)C(=O)O)c1. The number of rotatable bonds is 8. The lowest BCUT2D eigenvalue weighted by Gasteiger charge is -2.17. The summed E-state index contributed by atoms with van der Waals surface area (Å²) in [4.78, 5) is 27.3. The second-order valence-corrected chi connectivity index (χ2v) is 6.93. The van der Waals surface area contributed by atoms with Crippen LogP contribution in [0.15, 0.2) is 52.9 Å². The molecule has 0 spiro atoms. The number of aromatic nitrogens is 1. The Balaban J connectivity index is 1.68. The average molecular weight is 431 g/mol. The van der Waals surface area contributed by atoms with Gasteiger partial charge < -0.3 is 19.4 Å². The monoisotopic (exact) mass is 430 g/mol. The van der Waals surface area contributed by atoms with E-state index < -0.39 is 18.6 Å². The van der Waals surface area contributed by atoms with E-state index in [-0.39, 0.29) is 13.2 Å². The van der Waals surface area contributed by atoms with Crippen LogP contribution in [0.1, 0.15) is 17.0 Å². The molecule has 0 fully saturated rings. The Morgan fingerprint density at radius 3 is 2.57 bits per heavy atom. The molecule has 1 amide bonds. The van der Waals surface area contributed by atoms with Crippen LogP contribution in [0.5, 0.6) is 5.75 Å². The minimum Gasteiger partial charge on any atom is -0.487 e. The summed E-state index contributed by atoms with van der Waals surface area (Å²) in [5, 5.41) is 18.6. The van der Waals surface area contributed by atoms with Crippen molar-refractivity contribution < 1.29 is 29.0 Å². The van der Waals surface area contributed by atoms with Crippen LogP contribution < -0.4 is 4.74 Å². The number of aliphatic carboxylic acids is 1. The fraction of sp³-hybridized carbons (Fsp3) is 0.190. The Hall–Kier alpha value is -3.52. The van der Waals surface area contributed by atoms with Crippen molar-refractivity contribution in [2.75, 3.05) is 6.54 Å². The largest absolute Gasteiger partial charge is 0.487 e. The van der Waals surface area contributed by atoms with Gasteiger partial charge in [0.25, 0.3) is 0 Å². The van der Waals surface area contributed by atoms with Crippen LogP contribution in [0.2, 0.25) is 5.02 Å². The molecule has 1 aromatic heterocycles. The smallest absolute Gasteiger partial charge is 0.408 e. The number of amides is 1. The van der Waals surface area contributed by atoms with Crippen LogP contribution in [0, 0.1) is 6.92 Å². The molecule has 3 aromatic rings. The number of hydrogen-bond acceptors (Lipinski definition) is 5. The first-order valence-electron chi connectivity index (χ1n) is 8.95. The third kappa shape index (κ3) is 5.51. The van der Waals surface area contributed by atoms with Gasteiger partial charge in [-0.15, -0.1) is 0 Å². The summed E-state index contributed by atoms with van der Waals surface area (Å²) in [7, 11) is 0. The predicted molar refractivity (Wildman–Crippen MR) is 109 cm³/mol. The first-order valence-corrected chi connectivity index (χ1v) is 9.33. The number of carboxylic acid groups (broad SMARTS) is 2. The second-order valence-electron chi connectivity index (χ2n) is 6.50. The summed E-state index contributed by atoms with van der Waals surface area (Å²) in [5.41, 5.74) is 2.03. The van der Waals surface area contributed by atoms with Crippen LogP contribution in [0.25, 0.3) is 11.5 Å². The van der Waals surface area contributed by atoms with E-state index in [1.165, 1.54) is 0 Å². The number of carbonyl (C=O) groups is 2. The van der Waals surface area contributed by atoms with Gasteiger partial charge >= 0.3 is 12.1 Å². The molecule has 0 aliphatic heterocycles. The summed E-state index contributed by atoms with van der Waals surface area (Å²) >= 11 is 5.90. The van der Waals surface area contributed by atoms with Crippen molar-refractivity contribution in [3.63, 3.8) is 0 Å². The highest BCUT2D eigenvalue weighted by molar-refractivity contribution is 6.30. The van der Waals surface area contributed by atoms with E-state index in [4.69, 9.17) is 31.0 Å². The molecule has 0 bridgehead atoms. The summed E-state index contributed by atoms with van der Waals surface area (Å²) in [6, 6.07) is 13.9. The molecule has 156 valence electrons. The van der Waals surface area contributed by atoms with Gasteiger partial charge in [-0.05, 0) is 48.9 Å². The number of oxazole rings is 1. The molecule has 0 saturated heterocycles. The van der Waals surface area contributed by atoms with E-state index in [9.17, 15) is 9.59 Å². The molecule has 30 heavy (non-hydrogen) atoms. The molecule has 0 aliphatic rings. The lowest BCUT2D eigenvalue weighted by molar-refractivity contribution is -0.138. The molecular weight excluding hydrogens is 412 g/mol. The Kier molecular flexibility index (Phi) is 6.58. The van der Waals surface area contributed by atoms with Crippen molar-refractivity contribution in [1.29, 1.82) is 0 Å². The van der Waals surface area contributed by atoms with E-state index in [0.717, 1.165) is 10.5 Å². The van der Waals surface area contributed by atoms with Crippen LogP contribution in [0.3, 0.4) is 0 Å². The van der Waals surface area contributed by atoms with E-state index in [0.29, 0.717) is 33.7 Å². The fourth-order valence-electron chi connectivity index (χ4n) is 2.74. The zero-order valence-corrected chi connectivity index (χ0v) is 16.8. The first-order chi connectivity index (χ1) is 14.3. The maximum absolute atomic E-state index is 11.2. The number of ether oxygens (including phenoxy) is 1. The Bertz CT molecular complexity index is 1050.